The summed E-state index contributed by atoms with van der Waals surface area (Å²) >= 11 is 0. The number of rotatable bonds is 6. The molecule has 2 aromatic rings. The first kappa shape index (κ1) is 12.3. The molecule has 0 aromatic carbocycles. The van der Waals surface area contributed by atoms with Gasteiger partial charge in [0.05, 0.1) is 6.20 Å². The van der Waals surface area contributed by atoms with E-state index in [4.69, 9.17) is 0 Å². The monoisotopic (exact) mass is 259 g/mol. The van der Waals surface area contributed by atoms with Gasteiger partial charge in [-0.25, -0.2) is 9.97 Å². The van der Waals surface area contributed by atoms with Gasteiger partial charge in [0.25, 0.3) is 0 Å². The van der Waals surface area contributed by atoms with E-state index in [0.717, 1.165) is 36.8 Å². The van der Waals surface area contributed by atoms with Crippen molar-refractivity contribution in [3.05, 3.63) is 18.6 Å². The van der Waals surface area contributed by atoms with Gasteiger partial charge in [-0.05, 0) is 24.7 Å². The fraction of sp³-hybridized carbons (Fsp3) is 0.571. The second-order valence-corrected chi connectivity index (χ2v) is 5.72. The normalized spacial score (nSPS) is 16.5. The van der Waals surface area contributed by atoms with Gasteiger partial charge in [0, 0.05) is 25.5 Å². The predicted molar refractivity (Wildman–Crippen MR) is 77.6 cm³/mol. The van der Waals surface area contributed by atoms with E-state index in [0.29, 0.717) is 5.41 Å². The number of hydrogen-bond acceptors (Lipinski definition) is 4. The molecule has 0 amide bonds. The summed E-state index contributed by atoms with van der Waals surface area (Å²) in [5, 5.41) is 6.79. The van der Waals surface area contributed by atoms with Crippen LogP contribution in [0.4, 0.5) is 11.6 Å². The Balaban J connectivity index is 1.84. The summed E-state index contributed by atoms with van der Waals surface area (Å²) in [6, 6.07) is 0. The van der Waals surface area contributed by atoms with Gasteiger partial charge in [-0.15, -0.1) is 0 Å². The third-order valence-corrected chi connectivity index (χ3v) is 3.72. The molecular formula is C14H21N5. The number of nitrogens with zero attached hydrogens (tertiary/aromatic N) is 3. The molecule has 1 saturated carbocycles. The van der Waals surface area contributed by atoms with Gasteiger partial charge in [0.15, 0.2) is 11.5 Å². The third-order valence-electron chi connectivity index (χ3n) is 3.72. The highest BCUT2D eigenvalue weighted by Gasteiger charge is 2.37. The van der Waals surface area contributed by atoms with Gasteiger partial charge >= 0.3 is 0 Å². The molecule has 0 bridgehead atoms. The largest absolute Gasteiger partial charge is 0.369 e. The van der Waals surface area contributed by atoms with Crippen LogP contribution in [0.2, 0.25) is 0 Å². The third kappa shape index (κ3) is 2.64. The van der Waals surface area contributed by atoms with Crippen LogP contribution in [-0.2, 0) is 0 Å². The number of imidazole rings is 1. The molecule has 0 atom stereocenters. The minimum atomic E-state index is 0.456. The van der Waals surface area contributed by atoms with Gasteiger partial charge in [-0.2, -0.15) is 0 Å². The van der Waals surface area contributed by atoms with Crippen molar-refractivity contribution in [1.29, 1.82) is 0 Å². The lowest BCUT2D eigenvalue weighted by Gasteiger charge is -2.13. The Kier molecular flexibility index (Phi) is 3.05. The van der Waals surface area contributed by atoms with Crippen LogP contribution >= 0.6 is 0 Å². The van der Waals surface area contributed by atoms with Crippen LogP contribution in [-0.4, -0.2) is 27.5 Å². The van der Waals surface area contributed by atoms with Gasteiger partial charge in [0.2, 0.25) is 0 Å². The van der Waals surface area contributed by atoms with E-state index in [1.165, 1.54) is 12.8 Å². The van der Waals surface area contributed by atoms with E-state index in [9.17, 15) is 0 Å². The summed E-state index contributed by atoms with van der Waals surface area (Å²) in [5.41, 5.74) is 1.35. The molecule has 2 N–H and O–H groups in total. The molecule has 3 rings (SSSR count). The number of fused-ring (bicyclic) bond motifs is 1. The zero-order valence-corrected chi connectivity index (χ0v) is 11.6. The van der Waals surface area contributed by atoms with Crippen LogP contribution in [0.25, 0.3) is 5.65 Å². The highest BCUT2D eigenvalue weighted by Crippen LogP contribution is 2.44. The number of hydrogen-bond donors (Lipinski definition) is 2. The van der Waals surface area contributed by atoms with E-state index in [2.05, 4.69) is 34.4 Å². The van der Waals surface area contributed by atoms with E-state index in [-0.39, 0.29) is 0 Å². The Labute approximate surface area is 113 Å². The van der Waals surface area contributed by atoms with E-state index in [1.807, 2.05) is 23.0 Å². The zero-order chi connectivity index (χ0) is 13.3. The molecule has 2 heterocycles. The molecule has 1 aliphatic rings. The molecule has 102 valence electrons. The van der Waals surface area contributed by atoms with Crippen molar-refractivity contribution >= 4 is 17.3 Å². The highest BCUT2D eigenvalue weighted by molar-refractivity contribution is 5.65. The van der Waals surface area contributed by atoms with Crippen molar-refractivity contribution in [3.8, 4) is 0 Å². The van der Waals surface area contributed by atoms with Crippen molar-refractivity contribution in [2.75, 3.05) is 23.7 Å². The summed E-state index contributed by atoms with van der Waals surface area (Å²) < 4.78 is 2.02. The van der Waals surface area contributed by atoms with E-state index < -0.39 is 0 Å². The number of nitrogens with one attached hydrogen (secondary N) is 2. The molecule has 0 spiro atoms. The fourth-order valence-corrected chi connectivity index (χ4v) is 2.08. The fourth-order valence-electron chi connectivity index (χ4n) is 2.08. The highest BCUT2D eigenvalue weighted by atomic mass is 15.1. The van der Waals surface area contributed by atoms with Crippen LogP contribution in [0.15, 0.2) is 18.6 Å². The second-order valence-electron chi connectivity index (χ2n) is 5.72. The van der Waals surface area contributed by atoms with Crippen molar-refractivity contribution in [1.82, 2.24) is 14.4 Å². The van der Waals surface area contributed by atoms with Crippen molar-refractivity contribution in [2.45, 2.75) is 33.1 Å². The molecule has 0 unspecified atom stereocenters. The molecular weight excluding hydrogens is 238 g/mol. The smallest absolute Gasteiger partial charge is 0.180 e. The van der Waals surface area contributed by atoms with Crippen LogP contribution in [0.3, 0.4) is 0 Å². The number of anilines is 2. The molecule has 0 radical (unpaired) electrons. The number of aromatic nitrogens is 3. The Hall–Kier alpha value is -1.78. The maximum absolute atomic E-state index is 4.64. The summed E-state index contributed by atoms with van der Waals surface area (Å²) in [5.74, 6) is 1.77. The molecule has 2 aromatic heterocycles. The lowest BCUT2D eigenvalue weighted by molar-refractivity contribution is 0.609. The lowest BCUT2D eigenvalue weighted by atomic mass is 10.1. The van der Waals surface area contributed by atoms with Crippen LogP contribution in [0.1, 0.15) is 33.1 Å². The first-order valence-electron chi connectivity index (χ1n) is 7.02. The van der Waals surface area contributed by atoms with Crippen molar-refractivity contribution < 1.29 is 0 Å². The molecule has 1 aliphatic carbocycles. The molecule has 5 nitrogen and oxygen atoms in total. The summed E-state index contributed by atoms with van der Waals surface area (Å²) in [4.78, 5) is 9.01. The Morgan fingerprint density at radius 2 is 2.21 bits per heavy atom. The van der Waals surface area contributed by atoms with Gasteiger partial charge in [-0.3, -0.25) is 0 Å². The summed E-state index contributed by atoms with van der Waals surface area (Å²) in [6.07, 6.45) is 9.45. The SMILES string of the molecule is CCCNc1cn2ccnc2c(NCC2(C)CC2)n1. The van der Waals surface area contributed by atoms with Crippen molar-refractivity contribution in [2.24, 2.45) is 5.41 Å². The second kappa shape index (κ2) is 4.72. The maximum atomic E-state index is 4.64. The average Bonchev–Trinajstić information content (AvgIpc) is 2.96. The van der Waals surface area contributed by atoms with Gasteiger partial charge < -0.3 is 15.0 Å². The van der Waals surface area contributed by atoms with Gasteiger partial charge in [0.1, 0.15) is 5.82 Å². The standard InChI is InChI=1S/C14H21N5/c1-3-6-15-11-9-19-8-7-16-13(19)12(18-11)17-10-14(2)4-5-14/h7-9,15H,3-6,10H2,1-2H3,(H,17,18). The minimum absolute atomic E-state index is 0.456. The van der Waals surface area contributed by atoms with Crippen molar-refractivity contribution in [3.63, 3.8) is 0 Å². The molecule has 1 fully saturated rings. The van der Waals surface area contributed by atoms with E-state index >= 15 is 0 Å². The Bertz CT molecular complexity index is 570. The average molecular weight is 259 g/mol. The molecule has 0 aliphatic heterocycles. The van der Waals surface area contributed by atoms with Crippen LogP contribution in [0, 0.1) is 5.41 Å². The summed E-state index contributed by atoms with van der Waals surface area (Å²) in [7, 11) is 0. The molecule has 5 heteroatoms. The quantitative estimate of drug-likeness (QED) is 0.837. The first-order chi connectivity index (χ1) is 9.20. The van der Waals surface area contributed by atoms with E-state index in [1.54, 1.807) is 0 Å². The summed E-state index contributed by atoms with van der Waals surface area (Å²) in [6.45, 7) is 6.36. The zero-order valence-electron chi connectivity index (χ0n) is 11.6. The predicted octanol–water partition coefficient (Wildman–Crippen LogP) is 2.76. The maximum Gasteiger partial charge on any atom is 0.180 e. The Morgan fingerprint density at radius 3 is 2.95 bits per heavy atom. The minimum Gasteiger partial charge on any atom is -0.369 e. The topological polar surface area (TPSA) is 54.2 Å². The lowest BCUT2D eigenvalue weighted by Crippen LogP contribution is -2.14. The van der Waals surface area contributed by atoms with Crippen LogP contribution < -0.4 is 10.6 Å². The molecule has 19 heavy (non-hydrogen) atoms. The first-order valence-corrected chi connectivity index (χ1v) is 7.02. The Morgan fingerprint density at radius 1 is 1.37 bits per heavy atom. The van der Waals surface area contributed by atoms with Crippen LogP contribution in [0.5, 0.6) is 0 Å². The van der Waals surface area contributed by atoms with Gasteiger partial charge in [-0.1, -0.05) is 13.8 Å². The molecule has 0 saturated heterocycles.